The molecule has 0 aromatic rings. The number of halogens is 14. The number of hydrogen-bond acceptors (Lipinski definition) is 0. The van der Waals surface area contributed by atoms with Crippen molar-refractivity contribution in [2.75, 3.05) is 0 Å². The molecule has 1 saturated carbocycles. The molecule has 0 unspecified atom stereocenters. The fourth-order valence-corrected chi connectivity index (χ4v) is 1.58. The highest BCUT2D eigenvalue weighted by molar-refractivity contribution is 5.48. The lowest BCUT2D eigenvalue weighted by Gasteiger charge is -2.47. The molecule has 0 saturated heterocycles. The van der Waals surface area contributed by atoms with E-state index in [2.05, 4.69) is 0 Å². The van der Waals surface area contributed by atoms with Gasteiger partial charge in [-0.3, -0.25) is 0 Å². The summed E-state index contributed by atoms with van der Waals surface area (Å²) in [5, 5.41) is 0. The van der Waals surface area contributed by atoms with E-state index in [0.717, 1.165) is 0 Å². The summed E-state index contributed by atoms with van der Waals surface area (Å²) in [6.45, 7) is 0. The summed E-state index contributed by atoms with van der Waals surface area (Å²) in [7, 11) is 0. The molecule has 0 bridgehead atoms. The third-order valence-corrected chi connectivity index (χ3v) is 2.62. The Hall–Kier alpha value is -1.24. The fourth-order valence-electron chi connectivity index (χ4n) is 1.58. The van der Waals surface area contributed by atoms with E-state index in [4.69, 9.17) is 0 Å². The van der Waals surface area contributed by atoms with E-state index in [1.54, 1.807) is 0 Å². The molecule has 0 amide bonds. The summed E-state index contributed by atoms with van der Waals surface area (Å²) in [6.07, 6.45) is -14.3. The van der Waals surface area contributed by atoms with Gasteiger partial charge in [0.05, 0.1) is 5.57 Å². The second-order valence-corrected chi connectivity index (χ2v) is 4.04. The quantitative estimate of drug-likeness (QED) is 0.457. The van der Waals surface area contributed by atoms with Gasteiger partial charge in [-0.25, -0.2) is 0 Å². The van der Waals surface area contributed by atoms with Crippen LogP contribution >= 0.6 is 0 Å². The van der Waals surface area contributed by atoms with Gasteiger partial charge in [-0.2, -0.15) is 61.5 Å². The average molecular weight is 362 g/mol. The summed E-state index contributed by atoms with van der Waals surface area (Å²) in [6, 6.07) is 0. The molecular formula is C8F14. The Kier molecular flexibility index (Phi) is 3.58. The van der Waals surface area contributed by atoms with Crippen LogP contribution in [0.5, 0.6) is 0 Å². The molecule has 1 aliphatic carbocycles. The van der Waals surface area contributed by atoms with Crippen LogP contribution in [0.25, 0.3) is 0 Å². The third-order valence-electron chi connectivity index (χ3n) is 2.62. The maximum atomic E-state index is 12.7. The van der Waals surface area contributed by atoms with Gasteiger partial charge in [0.1, 0.15) is 5.57 Å². The van der Waals surface area contributed by atoms with Crippen molar-refractivity contribution in [2.45, 2.75) is 36.0 Å². The van der Waals surface area contributed by atoms with Gasteiger partial charge in [0.25, 0.3) is 0 Å². The Morgan fingerprint density at radius 3 is 1.18 bits per heavy atom. The number of allylic oxidation sites excluding steroid dienone is 2. The SMILES string of the molecule is FC(F)(F)C(=C1C(F)(F)C(F)(F)C1(F)F)C(F)(F)C(F)(F)F. The first-order valence-corrected chi connectivity index (χ1v) is 4.65. The molecule has 0 aromatic carbocycles. The molecule has 22 heavy (non-hydrogen) atoms. The zero-order valence-electron chi connectivity index (χ0n) is 9.29. The molecular weight excluding hydrogens is 362 g/mol. The summed E-state index contributed by atoms with van der Waals surface area (Å²) in [4.78, 5) is 0. The van der Waals surface area contributed by atoms with Gasteiger partial charge < -0.3 is 0 Å². The summed E-state index contributed by atoms with van der Waals surface area (Å²) in [5.74, 6) is -26.9. The summed E-state index contributed by atoms with van der Waals surface area (Å²) >= 11 is 0. The highest BCUT2D eigenvalue weighted by atomic mass is 19.4. The third kappa shape index (κ3) is 2.05. The van der Waals surface area contributed by atoms with Crippen molar-refractivity contribution in [3.8, 4) is 0 Å². The predicted octanol–water partition coefficient (Wildman–Crippen LogP) is 4.96. The van der Waals surface area contributed by atoms with E-state index in [1.807, 2.05) is 0 Å². The van der Waals surface area contributed by atoms with Crippen LogP contribution in [0.1, 0.15) is 0 Å². The molecule has 1 fully saturated rings. The van der Waals surface area contributed by atoms with Crippen molar-refractivity contribution in [1.29, 1.82) is 0 Å². The molecule has 130 valence electrons. The van der Waals surface area contributed by atoms with Crippen molar-refractivity contribution < 1.29 is 61.5 Å². The Morgan fingerprint density at radius 1 is 0.636 bits per heavy atom. The van der Waals surface area contributed by atoms with Crippen LogP contribution in [0, 0.1) is 0 Å². The molecule has 1 aliphatic rings. The maximum absolute atomic E-state index is 12.7. The number of hydrogen-bond donors (Lipinski definition) is 0. The number of alkyl halides is 14. The van der Waals surface area contributed by atoms with Crippen molar-refractivity contribution in [2.24, 2.45) is 0 Å². The lowest BCUT2D eigenvalue weighted by molar-refractivity contribution is -0.356. The van der Waals surface area contributed by atoms with Crippen LogP contribution in [-0.2, 0) is 0 Å². The van der Waals surface area contributed by atoms with Crippen molar-refractivity contribution >= 4 is 0 Å². The topological polar surface area (TPSA) is 0 Å². The van der Waals surface area contributed by atoms with E-state index in [0.29, 0.717) is 0 Å². The first kappa shape index (κ1) is 18.8. The Morgan fingerprint density at radius 2 is 0.955 bits per heavy atom. The largest absolute Gasteiger partial charge is 0.458 e. The Labute approximate surface area is 110 Å². The van der Waals surface area contributed by atoms with Gasteiger partial charge in [-0.1, -0.05) is 0 Å². The molecule has 0 spiro atoms. The fraction of sp³-hybridized carbons (Fsp3) is 0.750. The van der Waals surface area contributed by atoms with E-state index in [1.165, 1.54) is 0 Å². The Balaban J connectivity index is 3.83. The predicted molar refractivity (Wildman–Crippen MR) is 38.9 cm³/mol. The monoisotopic (exact) mass is 362 g/mol. The molecule has 0 nitrogen and oxygen atoms in total. The molecule has 0 atom stereocenters. The second-order valence-electron chi connectivity index (χ2n) is 4.04. The molecule has 0 N–H and O–H groups in total. The van der Waals surface area contributed by atoms with Crippen LogP contribution in [0.4, 0.5) is 61.5 Å². The maximum Gasteiger partial charge on any atom is 0.458 e. The minimum Gasteiger partial charge on any atom is -0.194 e. The van der Waals surface area contributed by atoms with Crippen LogP contribution in [-0.4, -0.2) is 36.0 Å². The van der Waals surface area contributed by atoms with E-state index in [-0.39, 0.29) is 0 Å². The lowest BCUT2D eigenvalue weighted by Crippen LogP contribution is -2.71. The highest BCUT2D eigenvalue weighted by Gasteiger charge is 2.90. The first-order chi connectivity index (χ1) is 9.24. The smallest absolute Gasteiger partial charge is 0.194 e. The molecule has 0 aromatic heterocycles. The van der Waals surface area contributed by atoms with Crippen molar-refractivity contribution in [3.63, 3.8) is 0 Å². The normalized spacial score (nSPS) is 24.0. The van der Waals surface area contributed by atoms with Gasteiger partial charge in [-0.05, 0) is 0 Å². The van der Waals surface area contributed by atoms with Crippen LogP contribution in [0.15, 0.2) is 11.1 Å². The van der Waals surface area contributed by atoms with Gasteiger partial charge in [0.2, 0.25) is 0 Å². The zero-order valence-corrected chi connectivity index (χ0v) is 9.29. The molecule has 0 radical (unpaired) electrons. The molecule has 14 heteroatoms. The standard InChI is InChI=1S/C8F14/c9-3(10)1(4(11,12)7(3,18)19)2(6(15,16)17)5(13,14)8(20,21)22. The van der Waals surface area contributed by atoms with Gasteiger partial charge in [0, 0.05) is 0 Å². The van der Waals surface area contributed by atoms with Gasteiger partial charge in [0.15, 0.2) is 0 Å². The van der Waals surface area contributed by atoms with E-state index in [9.17, 15) is 61.5 Å². The van der Waals surface area contributed by atoms with E-state index >= 15 is 0 Å². The Bertz CT molecular complexity index is 480. The first-order valence-electron chi connectivity index (χ1n) is 4.65. The molecule has 0 aliphatic heterocycles. The minimum atomic E-state index is -7.25. The van der Waals surface area contributed by atoms with Crippen molar-refractivity contribution in [3.05, 3.63) is 11.1 Å². The summed E-state index contributed by atoms with van der Waals surface area (Å²) in [5.41, 5.74) is -9.06. The average Bonchev–Trinajstić information content (AvgIpc) is 2.20. The zero-order chi connectivity index (χ0) is 18.2. The van der Waals surface area contributed by atoms with Crippen LogP contribution in [0.2, 0.25) is 0 Å². The highest BCUT2D eigenvalue weighted by Crippen LogP contribution is 2.68. The van der Waals surface area contributed by atoms with Crippen LogP contribution in [0.3, 0.4) is 0 Å². The van der Waals surface area contributed by atoms with Gasteiger partial charge in [-0.15, -0.1) is 0 Å². The van der Waals surface area contributed by atoms with E-state index < -0.39 is 47.2 Å². The van der Waals surface area contributed by atoms with Crippen LogP contribution < -0.4 is 0 Å². The number of rotatable bonds is 1. The second kappa shape index (κ2) is 4.19. The molecule has 1 rings (SSSR count). The lowest BCUT2D eigenvalue weighted by atomic mass is 9.73. The van der Waals surface area contributed by atoms with Crippen molar-refractivity contribution in [1.82, 2.24) is 0 Å². The van der Waals surface area contributed by atoms with Gasteiger partial charge >= 0.3 is 36.0 Å². The molecule has 0 heterocycles. The minimum absolute atomic E-state index is 4.31. The summed E-state index contributed by atoms with van der Waals surface area (Å²) < 4.78 is 173.